The van der Waals surface area contributed by atoms with Crippen LogP contribution < -0.4 is 5.32 Å². The second-order valence-corrected chi connectivity index (χ2v) is 6.13. The maximum Gasteiger partial charge on any atom is 0.240 e. The quantitative estimate of drug-likeness (QED) is 0.747. The maximum absolute atomic E-state index is 10.9. The predicted molar refractivity (Wildman–Crippen MR) is 78.8 cm³/mol. The summed E-state index contributed by atoms with van der Waals surface area (Å²) >= 11 is 0. The van der Waals surface area contributed by atoms with Gasteiger partial charge in [0.05, 0.1) is 6.54 Å². The van der Waals surface area contributed by atoms with Crippen LogP contribution in [0.3, 0.4) is 0 Å². The fraction of sp³-hybridized carbons (Fsp3) is 0.429. The van der Waals surface area contributed by atoms with Gasteiger partial charge in [0.2, 0.25) is 5.89 Å². The minimum Gasteiger partial charge on any atom is -0.338 e. The molecule has 0 radical (unpaired) electrons. The van der Waals surface area contributed by atoms with Crippen LogP contribution in [0.4, 0.5) is 0 Å². The first-order valence-corrected chi connectivity index (χ1v) is 8.33. The first-order valence-electron chi connectivity index (χ1n) is 6.60. The summed E-state index contributed by atoms with van der Waals surface area (Å²) in [6.45, 7) is 1.36. The third kappa shape index (κ3) is 5.22. The van der Waals surface area contributed by atoms with Crippen LogP contribution in [0.1, 0.15) is 23.7 Å². The van der Waals surface area contributed by atoms with Gasteiger partial charge in [0.25, 0.3) is 0 Å². The van der Waals surface area contributed by atoms with Crippen molar-refractivity contribution in [3.05, 3.63) is 47.6 Å². The van der Waals surface area contributed by atoms with Crippen molar-refractivity contribution < 1.29 is 8.73 Å². The summed E-state index contributed by atoms with van der Waals surface area (Å²) in [4.78, 5) is 4.34. The Balaban J connectivity index is 1.73. The molecule has 0 saturated carbocycles. The van der Waals surface area contributed by atoms with E-state index in [1.54, 1.807) is 6.26 Å². The molecule has 1 N–H and O–H groups in total. The summed E-state index contributed by atoms with van der Waals surface area (Å²) in [5.74, 6) is 2.01. The van der Waals surface area contributed by atoms with E-state index < -0.39 is 10.8 Å². The number of nitrogens with one attached hydrogen (secondary N) is 1. The first kappa shape index (κ1) is 14.9. The van der Waals surface area contributed by atoms with Gasteiger partial charge >= 0.3 is 0 Å². The van der Waals surface area contributed by atoms with Gasteiger partial charge in [-0.2, -0.15) is 4.98 Å². The summed E-state index contributed by atoms with van der Waals surface area (Å²) in [6.07, 6.45) is 3.28. The summed E-state index contributed by atoms with van der Waals surface area (Å²) in [6, 6.07) is 10.1. The van der Waals surface area contributed by atoms with E-state index in [9.17, 15) is 4.21 Å². The van der Waals surface area contributed by atoms with Gasteiger partial charge in [-0.15, -0.1) is 0 Å². The Labute approximate surface area is 121 Å². The molecule has 2 rings (SSSR count). The Morgan fingerprint density at radius 3 is 2.85 bits per heavy atom. The molecule has 1 unspecified atom stereocenters. The molecule has 0 saturated heterocycles. The van der Waals surface area contributed by atoms with Crippen LogP contribution in [0, 0.1) is 0 Å². The summed E-state index contributed by atoms with van der Waals surface area (Å²) < 4.78 is 16.1. The molecule has 0 spiro atoms. The van der Waals surface area contributed by atoms with Gasteiger partial charge in [-0.25, -0.2) is 0 Å². The predicted octanol–water partition coefficient (Wildman–Crippen LogP) is 1.52. The standard InChI is InChI=1S/C14H19N3O2S/c1-20(18)9-5-8-15-11-14-16-13(17-19-14)10-12-6-3-2-4-7-12/h2-4,6-7,15H,5,8-11H2,1H3. The molecule has 0 bridgehead atoms. The van der Waals surface area contributed by atoms with Gasteiger partial charge in [-0.3, -0.25) is 4.21 Å². The van der Waals surface area contributed by atoms with Crippen molar-refractivity contribution in [2.45, 2.75) is 19.4 Å². The molecule has 5 nitrogen and oxygen atoms in total. The highest BCUT2D eigenvalue weighted by molar-refractivity contribution is 7.84. The molecular formula is C14H19N3O2S. The molecule has 1 aromatic carbocycles. The average molecular weight is 293 g/mol. The van der Waals surface area contributed by atoms with Crippen LogP contribution in [-0.4, -0.2) is 32.9 Å². The third-order valence-corrected chi connectivity index (χ3v) is 3.64. The molecule has 0 fully saturated rings. The zero-order chi connectivity index (χ0) is 14.2. The number of hydrogen-bond acceptors (Lipinski definition) is 5. The Morgan fingerprint density at radius 1 is 1.30 bits per heavy atom. The lowest BCUT2D eigenvalue weighted by atomic mass is 10.1. The van der Waals surface area contributed by atoms with E-state index in [0.717, 1.165) is 18.7 Å². The summed E-state index contributed by atoms with van der Waals surface area (Å²) in [7, 11) is -0.723. The Morgan fingerprint density at radius 2 is 2.10 bits per heavy atom. The van der Waals surface area contributed by atoms with Crippen LogP contribution in [0.15, 0.2) is 34.9 Å². The van der Waals surface area contributed by atoms with E-state index in [1.165, 1.54) is 5.56 Å². The average Bonchev–Trinajstić information content (AvgIpc) is 2.87. The van der Waals surface area contributed by atoms with Crippen LogP contribution in [0.2, 0.25) is 0 Å². The van der Waals surface area contributed by atoms with Gasteiger partial charge in [-0.05, 0) is 18.5 Å². The lowest BCUT2D eigenvalue weighted by Crippen LogP contribution is -2.16. The fourth-order valence-corrected chi connectivity index (χ4v) is 2.36. The van der Waals surface area contributed by atoms with Crippen molar-refractivity contribution in [2.24, 2.45) is 0 Å². The van der Waals surface area contributed by atoms with Crippen molar-refractivity contribution in [3.8, 4) is 0 Å². The minimum absolute atomic E-state index is 0.554. The lowest BCUT2D eigenvalue weighted by Gasteiger charge is -1.99. The molecule has 2 aromatic rings. The zero-order valence-corrected chi connectivity index (χ0v) is 12.4. The van der Waals surface area contributed by atoms with E-state index in [1.807, 2.05) is 30.3 Å². The van der Waals surface area contributed by atoms with Crippen LogP contribution in [0.25, 0.3) is 0 Å². The van der Waals surface area contributed by atoms with Crippen molar-refractivity contribution in [2.75, 3.05) is 18.6 Å². The molecule has 1 atom stereocenters. The second kappa shape index (κ2) is 7.91. The fourth-order valence-electron chi connectivity index (χ4n) is 1.81. The molecule has 0 aliphatic carbocycles. The van der Waals surface area contributed by atoms with Gasteiger partial charge in [0.1, 0.15) is 0 Å². The van der Waals surface area contributed by atoms with Gasteiger partial charge < -0.3 is 9.84 Å². The maximum atomic E-state index is 10.9. The van der Waals surface area contributed by atoms with Crippen LogP contribution in [0.5, 0.6) is 0 Å². The van der Waals surface area contributed by atoms with E-state index in [-0.39, 0.29) is 0 Å². The minimum atomic E-state index is -0.723. The molecule has 20 heavy (non-hydrogen) atoms. The second-order valence-electron chi connectivity index (χ2n) is 4.57. The first-order chi connectivity index (χ1) is 9.74. The number of nitrogens with zero attached hydrogens (tertiary/aromatic N) is 2. The van der Waals surface area contributed by atoms with E-state index >= 15 is 0 Å². The van der Waals surface area contributed by atoms with Gasteiger partial charge in [0.15, 0.2) is 5.82 Å². The molecule has 0 aliphatic heterocycles. The normalized spacial score (nSPS) is 12.4. The van der Waals surface area contributed by atoms with Crippen LogP contribution >= 0.6 is 0 Å². The SMILES string of the molecule is CS(=O)CCCNCc1nc(Cc2ccccc2)no1. The van der Waals surface area contributed by atoms with Crippen molar-refractivity contribution in [1.82, 2.24) is 15.5 Å². The van der Waals surface area contributed by atoms with Crippen molar-refractivity contribution in [3.63, 3.8) is 0 Å². The number of benzene rings is 1. The molecule has 1 heterocycles. The van der Waals surface area contributed by atoms with Gasteiger partial charge in [0, 0.05) is 29.2 Å². The van der Waals surface area contributed by atoms with Crippen molar-refractivity contribution >= 4 is 10.8 Å². The van der Waals surface area contributed by atoms with Crippen molar-refractivity contribution in [1.29, 1.82) is 0 Å². The van der Waals surface area contributed by atoms with E-state index in [4.69, 9.17) is 4.52 Å². The molecule has 0 amide bonds. The van der Waals surface area contributed by atoms with E-state index in [0.29, 0.717) is 24.7 Å². The number of hydrogen-bond donors (Lipinski definition) is 1. The summed E-state index contributed by atoms with van der Waals surface area (Å²) in [5, 5.41) is 7.17. The topological polar surface area (TPSA) is 68.0 Å². The zero-order valence-electron chi connectivity index (χ0n) is 11.5. The smallest absolute Gasteiger partial charge is 0.240 e. The Hall–Kier alpha value is -1.53. The highest BCUT2D eigenvalue weighted by Crippen LogP contribution is 2.06. The molecule has 0 aliphatic rings. The Kier molecular flexibility index (Phi) is 5.88. The van der Waals surface area contributed by atoms with E-state index in [2.05, 4.69) is 15.5 Å². The highest BCUT2D eigenvalue weighted by atomic mass is 32.2. The lowest BCUT2D eigenvalue weighted by molar-refractivity contribution is 0.363. The number of aromatic nitrogens is 2. The largest absolute Gasteiger partial charge is 0.338 e. The molecular weight excluding hydrogens is 274 g/mol. The monoisotopic (exact) mass is 293 g/mol. The molecule has 6 heteroatoms. The summed E-state index contributed by atoms with van der Waals surface area (Å²) in [5.41, 5.74) is 1.17. The number of rotatable bonds is 8. The Bertz CT molecular complexity index is 542. The third-order valence-electron chi connectivity index (χ3n) is 2.78. The molecule has 108 valence electrons. The molecule has 1 aromatic heterocycles. The van der Waals surface area contributed by atoms with Crippen LogP contribution in [-0.2, 0) is 23.8 Å². The highest BCUT2D eigenvalue weighted by Gasteiger charge is 2.06. The van der Waals surface area contributed by atoms with Gasteiger partial charge in [-0.1, -0.05) is 35.5 Å².